The minimum Gasteiger partial charge on any atom is -0.480 e. The number of nitrogens with one attached hydrogen (secondary N) is 10. The number of imidazole rings is 1. The summed E-state index contributed by atoms with van der Waals surface area (Å²) in [5.74, 6) is -10.1. The van der Waals surface area contributed by atoms with Crippen LogP contribution in [0.5, 0.6) is 0 Å². The van der Waals surface area contributed by atoms with Crippen molar-refractivity contribution in [2.24, 2.45) is 50.5 Å². The number of H-pyrrole nitrogens is 1. The van der Waals surface area contributed by atoms with Crippen LogP contribution in [0.2, 0.25) is 0 Å². The lowest BCUT2D eigenvalue weighted by molar-refractivity contribution is -0.143. The summed E-state index contributed by atoms with van der Waals surface area (Å²) in [6.07, 6.45) is 4.79. The van der Waals surface area contributed by atoms with Gasteiger partial charge in [0.25, 0.3) is 0 Å². The third-order valence-corrected chi connectivity index (χ3v) is 15.5. The number of guanidine groups is 2. The van der Waals surface area contributed by atoms with Crippen LogP contribution in [-0.2, 0) is 60.8 Å². The van der Waals surface area contributed by atoms with Crippen LogP contribution in [0, 0.1) is 11.8 Å². The molecule has 0 radical (unpaired) electrons. The summed E-state index contributed by atoms with van der Waals surface area (Å²) in [6.45, 7) is 6.58. The Morgan fingerprint density at radius 2 is 1.16 bits per heavy atom. The Bertz CT molecular complexity index is 2940. The van der Waals surface area contributed by atoms with Crippen LogP contribution in [-0.4, -0.2) is 183 Å². The molecule has 31 nitrogen and oxygen atoms in total. The topological polar surface area (TPSA) is 523 Å². The molecule has 12 atom stereocenters. The van der Waals surface area contributed by atoms with Crippen LogP contribution >= 0.6 is 0 Å². The summed E-state index contributed by atoms with van der Waals surface area (Å²) in [5, 5.41) is 56.1. The van der Waals surface area contributed by atoms with E-state index in [2.05, 4.69) is 67.8 Å². The number of aliphatic imine (C=N–C) groups is 2. The van der Waals surface area contributed by atoms with Crippen LogP contribution in [0.1, 0.15) is 117 Å². The number of aliphatic hydroxyl groups excluding tert-OH is 2. The number of hydrogen-bond donors (Lipinski definition) is 18. The lowest BCUT2D eigenvalue weighted by Gasteiger charge is -2.29. The van der Waals surface area contributed by atoms with Gasteiger partial charge in [0.2, 0.25) is 53.2 Å². The van der Waals surface area contributed by atoms with Gasteiger partial charge in [-0.15, -0.1) is 0 Å². The van der Waals surface area contributed by atoms with E-state index in [1.54, 1.807) is 32.0 Å². The maximum Gasteiger partial charge on any atom is 0.326 e. The fourth-order valence-electron chi connectivity index (χ4n) is 10.1. The molecule has 0 bridgehead atoms. The molecule has 496 valence electrons. The van der Waals surface area contributed by atoms with E-state index in [0.717, 1.165) is 56.7 Å². The molecule has 9 amide bonds. The number of aliphatic carboxylic acids is 1. The van der Waals surface area contributed by atoms with Crippen LogP contribution in [0.15, 0.2) is 65.0 Å². The molecule has 1 heterocycles. The highest BCUT2D eigenvalue weighted by atomic mass is 16.4. The second kappa shape index (κ2) is 37.1. The van der Waals surface area contributed by atoms with Crippen molar-refractivity contribution in [1.29, 1.82) is 0 Å². The largest absolute Gasteiger partial charge is 0.480 e. The SMILES string of the molecule is CCC(C)[C@H](NC(=O)[C@H](CCCN=C(N)N)NC(=O)CNC(=O)[C@@H](NC(=O)[C@@H](NC(=O)[C@H](Cc1cnc[nH]1)NC(=O)[C@H](Cc1cccc2ccccc12)NC(=O)[C@H](C)NC(=O)[C@@H](N)CCCN=C(N)N)[C@@H](C)O)[C@@H](C)O)C(=O)N[C@@H](CC1CCCCC1)C(=O)O. The van der Waals surface area contributed by atoms with Gasteiger partial charge in [-0.25, -0.2) is 9.78 Å². The van der Waals surface area contributed by atoms with Gasteiger partial charge in [-0.3, -0.25) is 53.1 Å². The molecule has 31 heteroatoms. The van der Waals surface area contributed by atoms with Crippen molar-refractivity contribution >= 4 is 81.8 Å². The van der Waals surface area contributed by atoms with E-state index in [1.807, 2.05) is 24.3 Å². The summed E-state index contributed by atoms with van der Waals surface area (Å²) in [4.78, 5) is 152. The number of carbonyl (C=O) groups is 10. The zero-order chi connectivity index (χ0) is 66.6. The first kappa shape index (κ1) is 73.5. The van der Waals surface area contributed by atoms with E-state index in [9.17, 15) is 63.3 Å². The lowest BCUT2D eigenvalue weighted by atomic mass is 9.84. The van der Waals surface area contributed by atoms with E-state index >= 15 is 0 Å². The summed E-state index contributed by atoms with van der Waals surface area (Å²) in [6, 6.07) is -0.0204. The highest BCUT2D eigenvalue weighted by molar-refractivity contribution is 5.99. The van der Waals surface area contributed by atoms with E-state index in [0.29, 0.717) is 24.1 Å². The van der Waals surface area contributed by atoms with Crippen LogP contribution in [0.3, 0.4) is 0 Å². The maximum atomic E-state index is 14.6. The number of carbonyl (C=O) groups excluding carboxylic acids is 9. The normalized spacial score (nSPS) is 16.4. The van der Waals surface area contributed by atoms with E-state index < -0.39 is 138 Å². The van der Waals surface area contributed by atoms with Crippen molar-refractivity contribution in [2.45, 2.75) is 185 Å². The average molecular weight is 1260 g/mol. The standard InChI is InChI=1S/C59H92N18O13/c1-6-31(2)46(55(87)74-44(57(89)90)25-35-15-8-7-9-16-35)75-51(83)41(22-14-24-67-59(63)64)71-45(80)29-68-54(86)47(33(4)78)77-56(88)48(34(5)79)76-53(85)43(27-38-28-65-30-69-38)73-52(84)42(26-37-19-12-18-36-17-10-11-20-39(36)37)72-49(81)32(3)70-50(82)40(60)21-13-23-66-58(61)62/h10-12,17-20,28,30-35,40-44,46-48,78-79H,6-9,13-16,21-27,29,60H2,1-5H3,(H,65,69)(H,68,86)(H,70,82)(H,71,80)(H,72,81)(H,73,84)(H,74,87)(H,75,83)(H,76,85)(H,77,88)(H,89,90)(H4,61,62,66)(H4,63,64,67)/t31?,32-,33+,34+,40-,41-,42-,43-,44-,46-,47-,48-/m0/s1. The number of aromatic amines is 1. The van der Waals surface area contributed by atoms with Gasteiger partial charge in [0, 0.05) is 37.8 Å². The number of carboxylic acid groups (broad SMARTS) is 1. The molecule has 1 aromatic heterocycles. The predicted octanol–water partition coefficient (Wildman–Crippen LogP) is -3.34. The maximum absolute atomic E-state index is 14.6. The minimum atomic E-state index is -1.86. The van der Waals surface area contributed by atoms with Gasteiger partial charge in [0.05, 0.1) is 31.1 Å². The fraction of sp³-hybridized carbons (Fsp3) is 0.576. The molecule has 1 unspecified atom stereocenters. The molecule has 0 saturated heterocycles. The van der Waals surface area contributed by atoms with Gasteiger partial charge in [0.15, 0.2) is 11.9 Å². The van der Waals surface area contributed by atoms with Gasteiger partial charge in [-0.2, -0.15) is 0 Å². The van der Waals surface area contributed by atoms with Crippen LogP contribution < -0.4 is 76.5 Å². The Morgan fingerprint density at radius 3 is 1.77 bits per heavy atom. The second-order valence-corrected chi connectivity index (χ2v) is 22.8. The van der Waals surface area contributed by atoms with Gasteiger partial charge >= 0.3 is 5.97 Å². The smallest absolute Gasteiger partial charge is 0.326 e. The summed E-state index contributed by atoms with van der Waals surface area (Å²) < 4.78 is 0. The zero-order valence-corrected chi connectivity index (χ0v) is 51.7. The van der Waals surface area contributed by atoms with Crippen molar-refractivity contribution in [3.63, 3.8) is 0 Å². The van der Waals surface area contributed by atoms with Gasteiger partial charge < -0.3 is 96.8 Å². The lowest BCUT2D eigenvalue weighted by Crippen LogP contribution is -2.63. The zero-order valence-electron chi connectivity index (χ0n) is 51.7. The van der Waals surface area contributed by atoms with Crippen LogP contribution in [0.25, 0.3) is 10.8 Å². The molecular formula is C59H92N18O13. The molecule has 2 aromatic carbocycles. The third-order valence-electron chi connectivity index (χ3n) is 15.5. The molecule has 3 aromatic rings. The summed E-state index contributed by atoms with van der Waals surface area (Å²) in [5.41, 5.74) is 28.8. The van der Waals surface area contributed by atoms with Crippen molar-refractivity contribution in [1.82, 2.24) is 57.8 Å². The molecule has 0 aliphatic heterocycles. The number of aliphatic hydroxyl groups is 2. The quantitative estimate of drug-likeness (QED) is 0.0152. The number of hydrogen-bond acceptors (Lipinski definition) is 16. The fourth-order valence-corrected chi connectivity index (χ4v) is 10.1. The highest BCUT2D eigenvalue weighted by Gasteiger charge is 2.37. The number of nitrogens with two attached hydrogens (primary N) is 5. The van der Waals surface area contributed by atoms with Crippen molar-refractivity contribution in [3.05, 3.63) is 66.2 Å². The predicted molar refractivity (Wildman–Crippen MR) is 334 cm³/mol. The number of nitrogens with zero attached hydrogens (tertiary/aromatic N) is 3. The van der Waals surface area contributed by atoms with Gasteiger partial charge in [-0.1, -0.05) is 94.8 Å². The Balaban J connectivity index is 1.50. The second-order valence-electron chi connectivity index (χ2n) is 22.8. The summed E-state index contributed by atoms with van der Waals surface area (Å²) in [7, 11) is 0. The number of fused-ring (bicyclic) bond motifs is 1. The number of rotatable bonds is 37. The average Bonchev–Trinajstić information content (AvgIpc) is 1.04. The van der Waals surface area contributed by atoms with Crippen molar-refractivity contribution in [2.75, 3.05) is 19.6 Å². The molecule has 1 fully saturated rings. The Hall–Kier alpha value is -8.97. The Labute approximate surface area is 522 Å². The third kappa shape index (κ3) is 24.5. The van der Waals surface area contributed by atoms with E-state index in [1.165, 1.54) is 19.4 Å². The van der Waals surface area contributed by atoms with Gasteiger partial charge in [0.1, 0.15) is 48.3 Å². The number of amides is 9. The first-order valence-electron chi connectivity index (χ1n) is 30.3. The van der Waals surface area contributed by atoms with Crippen LogP contribution in [0.4, 0.5) is 0 Å². The molecule has 23 N–H and O–H groups in total. The number of carboxylic acids is 1. The van der Waals surface area contributed by atoms with E-state index in [4.69, 9.17) is 28.7 Å². The van der Waals surface area contributed by atoms with Crippen molar-refractivity contribution in [3.8, 4) is 0 Å². The van der Waals surface area contributed by atoms with Gasteiger partial charge in [-0.05, 0) is 81.0 Å². The first-order chi connectivity index (χ1) is 42.7. The molecule has 1 saturated carbocycles. The minimum absolute atomic E-state index is 0.0387. The first-order valence-corrected chi connectivity index (χ1v) is 30.3. The molecule has 90 heavy (non-hydrogen) atoms. The Kier molecular flexibility index (Phi) is 30.3. The number of aromatic nitrogens is 2. The summed E-state index contributed by atoms with van der Waals surface area (Å²) >= 11 is 0. The molecule has 4 rings (SSSR count). The molecular weight excluding hydrogens is 1170 g/mol. The Morgan fingerprint density at radius 1 is 0.611 bits per heavy atom. The molecule has 1 aliphatic rings. The van der Waals surface area contributed by atoms with Crippen molar-refractivity contribution < 1.29 is 63.3 Å². The number of benzene rings is 2. The molecule has 0 spiro atoms. The van der Waals surface area contributed by atoms with E-state index in [-0.39, 0.29) is 69.5 Å². The highest BCUT2D eigenvalue weighted by Crippen LogP contribution is 2.28. The monoisotopic (exact) mass is 1260 g/mol. The molecule has 1 aliphatic carbocycles.